The molecule has 0 bridgehead atoms. The van der Waals surface area contributed by atoms with E-state index in [2.05, 4.69) is 49.0 Å². The summed E-state index contributed by atoms with van der Waals surface area (Å²) in [5.41, 5.74) is 6.32. The first kappa shape index (κ1) is 25.4. The second-order valence-electron chi connectivity index (χ2n) is 9.14. The lowest BCUT2D eigenvalue weighted by Crippen LogP contribution is -2.40. The maximum atomic E-state index is 14.2. The van der Waals surface area contributed by atoms with Crippen LogP contribution in [0.3, 0.4) is 0 Å². The monoisotopic (exact) mass is 499 g/mol. The van der Waals surface area contributed by atoms with Gasteiger partial charge in [0.15, 0.2) is 19.0 Å². The highest BCUT2D eigenvalue weighted by molar-refractivity contribution is 7.14. The number of rotatable bonds is 7. The lowest BCUT2D eigenvalue weighted by molar-refractivity contribution is 0.100. The first-order valence-electron chi connectivity index (χ1n) is 10.4. The molecule has 0 saturated heterocycles. The number of benzene rings is 1. The molecule has 0 saturated carbocycles. The third-order valence-corrected chi connectivity index (χ3v) is 11.3. The molecule has 2 aromatic heterocycles. The number of pyridine rings is 1. The number of nitriles is 1. The maximum absolute atomic E-state index is 14.2. The first-order valence-corrected chi connectivity index (χ1v) is 14.2. The van der Waals surface area contributed by atoms with E-state index in [1.54, 1.807) is 0 Å². The summed E-state index contributed by atoms with van der Waals surface area (Å²) in [6.07, 6.45) is 1.20. The van der Waals surface area contributed by atoms with Crippen LogP contribution in [0.5, 0.6) is 5.75 Å². The third kappa shape index (κ3) is 4.99. The number of carbonyl (C=O) groups excluding carboxylic acids is 1. The fourth-order valence-corrected chi connectivity index (χ4v) is 4.86. The molecule has 34 heavy (non-hydrogen) atoms. The molecule has 8 nitrogen and oxygen atoms in total. The molecule has 1 aromatic carbocycles. The minimum absolute atomic E-state index is 0.000621. The fourth-order valence-electron chi connectivity index (χ4n) is 3.02. The summed E-state index contributed by atoms with van der Waals surface area (Å²) in [5, 5.41) is 19.2. The largest absolute Gasteiger partial charge is 0.496 e. The summed E-state index contributed by atoms with van der Waals surface area (Å²) < 4.78 is 25.9. The molecular weight excluding hydrogens is 473 g/mol. The van der Waals surface area contributed by atoms with E-state index < -0.39 is 20.0 Å². The molecule has 0 aliphatic rings. The number of hydrogen-bond acceptors (Lipinski definition) is 8. The molecule has 0 aliphatic heterocycles. The van der Waals surface area contributed by atoms with E-state index in [9.17, 15) is 14.4 Å². The Kier molecular flexibility index (Phi) is 7.16. The summed E-state index contributed by atoms with van der Waals surface area (Å²) in [4.78, 5) is 16.4. The van der Waals surface area contributed by atoms with Gasteiger partial charge in [-0.1, -0.05) is 32.1 Å². The number of halogens is 1. The van der Waals surface area contributed by atoms with Crippen molar-refractivity contribution in [3.63, 3.8) is 0 Å². The van der Waals surface area contributed by atoms with Crippen molar-refractivity contribution < 1.29 is 18.3 Å². The molecule has 3 aromatic rings. The van der Waals surface area contributed by atoms with Crippen LogP contribution in [0.15, 0.2) is 24.4 Å². The van der Waals surface area contributed by atoms with E-state index in [1.807, 2.05) is 6.07 Å². The zero-order chi connectivity index (χ0) is 25.3. The maximum Gasteiger partial charge on any atom is 0.250 e. The second kappa shape index (κ2) is 9.58. The van der Waals surface area contributed by atoms with Gasteiger partial charge in [0.2, 0.25) is 0 Å². The molecule has 178 valence electrons. The SMILES string of the molecule is COc1ccc(F)cc1-c1c(C(N)=O)cnc(C#N)c1-c1nnc(CO[Si](C)(C)C(C)(C)C)s1. The normalized spacial score (nSPS) is 11.8. The van der Waals surface area contributed by atoms with Crippen molar-refractivity contribution in [3.8, 4) is 33.5 Å². The highest BCUT2D eigenvalue weighted by Gasteiger charge is 2.37. The number of methoxy groups -OCH3 is 1. The van der Waals surface area contributed by atoms with E-state index in [0.717, 1.165) is 0 Å². The lowest BCUT2D eigenvalue weighted by Gasteiger charge is -2.35. The van der Waals surface area contributed by atoms with E-state index in [0.29, 0.717) is 15.8 Å². The first-order chi connectivity index (χ1) is 15.9. The van der Waals surface area contributed by atoms with Crippen LogP contribution in [0.4, 0.5) is 4.39 Å². The van der Waals surface area contributed by atoms with Gasteiger partial charge < -0.3 is 14.9 Å². The van der Waals surface area contributed by atoms with Crippen LogP contribution in [-0.2, 0) is 11.0 Å². The van der Waals surface area contributed by atoms with Crippen LogP contribution >= 0.6 is 11.3 Å². The molecular formula is C23H26FN5O3SSi. The molecule has 11 heteroatoms. The molecule has 0 aliphatic carbocycles. The van der Waals surface area contributed by atoms with Crippen LogP contribution in [-0.4, -0.2) is 36.5 Å². The fraction of sp³-hybridized carbons (Fsp3) is 0.348. The number of amides is 1. The predicted octanol–water partition coefficient (Wildman–Crippen LogP) is 4.91. The Hall–Kier alpha value is -3.20. The molecule has 0 fully saturated rings. The molecule has 2 N–H and O–H groups in total. The third-order valence-electron chi connectivity index (χ3n) is 5.92. The van der Waals surface area contributed by atoms with E-state index in [1.165, 1.54) is 42.8 Å². The number of aromatic nitrogens is 3. The summed E-state index contributed by atoms with van der Waals surface area (Å²) in [5.74, 6) is -1.04. The van der Waals surface area contributed by atoms with Crippen molar-refractivity contribution >= 4 is 25.6 Å². The number of nitrogens with two attached hydrogens (primary N) is 1. The predicted molar refractivity (Wildman–Crippen MR) is 130 cm³/mol. The van der Waals surface area contributed by atoms with Crippen LogP contribution in [0.25, 0.3) is 21.7 Å². The zero-order valence-corrected chi connectivity index (χ0v) is 21.7. The molecule has 0 unspecified atom stereocenters. The highest BCUT2D eigenvalue weighted by Crippen LogP contribution is 2.42. The van der Waals surface area contributed by atoms with E-state index in [4.69, 9.17) is 14.9 Å². The van der Waals surface area contributed by atoms with Gasteiger partial charge in [-0.3, -0.25) is 4.79 Å². The van der Waals surface area contributed by atoms with Crippen molar-refractivity contribution in [2.75, 3.05) is 7.11 Å². The van der Waals surface area contributed by atoms with Gasteiger partial charge in [-0.15, -0.1) is 10.2 Å². The zero-order valence-electron chi connectivity index (χ0n) is 19.9. The number of ether oxygens (including phenoxy) is 1. The van der Waals surface area contributed by atoms with Crippen molar-refractivity contribution in [2.45, 2.75) is 45.5 Å². The Morgan fingerprint density at radius 1 is 1.26 bits per heavy atom. The number of carbonyl (C=O) groups is 1. The van der Waals surface area contributed by atoms with Gasteiger partial charge >= 0.3 is 0 Å². The average Bonchev–Trinajstić information content (AvgIpc) is 3.24. The quantitative estimate of drug-likeness (QED) is 0.458. The van der Waals surface area contributed by atoms with Gasteiger partial charge in [0.1, 0.15) is 22.6 Å². The van der Waals surface area contributed by atoms with Crippen molar-refractivity contribution in [3.05, 3.63) is 46.5 Å². The number of primary amides is 1. The Morgan fingerprint density at radius 2 is 1.97 bits per heavy atom. The van der Waals surface area contributed by atoms with E-state index in [-0.39, 0.29) is 39.6 Å². The van der Waals surface area contributed by atoms with Gasteiger partial charge in [0.05, 0.1) is 24.8 Å². The van der Waals surface area contributed by atoms with E-state index >= 15 is 0 Å². The van der Waals surface area contributed by atoms with Crippen LogP contribution in [0, 0.1) is 17.1 Å². The molecule has 0 atom stereocenters. The summed E-state index contributed by atoms with van der Waals surface area (Å²) in [7, 11) is -0.602. The minimum Gasteiger partial charge on any atom is -0.496 e. The van der Waals surface area contributed by atoms with Crippen molar-refractivity contribution in [1.82, 2.24) is 15.2 Å². The summed E-state index contributed by atoms with van der Waals surface area (Å²) in [6, 6.07) is 5.91. The summed E-state index contributed by atoms with van der Waals surface area (Å²) in [6.45, 7) is 11.0. The summed E-state index contributed by atoms with van der Waals surface area (Å²) >= 11 is 1.21. The minimum atomic E-state index is -2.03. The Labute approximate surface area is 202 Å². The second-order valence-corrected chi connectivity index (χ2v) is 15.0. The van der Waals surface area contributed by atoms with Gasteiger partial charge in [-0.05, 0) is 36.3 Å². The molecule has 2 heterocycles. The van der Waals surface area contributed by atoms with Gasteiger partial charge in [-0.2, -0.15) is 5.26 Å². The number of nitrogens with zero attached hydrogens (tertiary/aromatic N) is 4. The standard InChI is InChI=1S/C23H26FN5O3SSi/c1-23(2,3)34(5,6)32-12-18-28-29-22(33-18)20-16(10-25)27-11-15(21(26)30)19(20)14-9-13(24)7-8-17(14)31-4/h7-9,11H,12H2,1-6H3,(H2,26,30). The molecule has 3 rings (SSSR count). The van der Waals surface area contributed by atoms with Crippen molar-refractivity contribution in [1.29, 1.82) is 5.26 Å². The van der Waals surface area contributed by atoms with Gasteiger partial charge in [-0.25, -0.2) is 9.37 Å². The highest BCUT2D eigenvalue weighted by atomic mass is 32.1. The Morgan fingerprint density at radius 3 is 2.56 bits per heavy atom. The van der Waals surface area contributed by atoms with Crippen molar-refractivity contribution in [2.24, 2.45) is 5.73 Å². The van der Waals surface area contributed by atoms with Crippen LogP contribution in [0.2, 0.25) is 18.1 Å². The van der Waals surface area contributed by atoms with Gasteiger partial charge in [0, 0.05) is 17.3 Å². The molecule has 0 radical (unpaired) electrons. The topological polar surface area (TPSA) is 124 Å². The lowest BCUT2D eigenvalue weighted by atomic mass is 9.93. The smallest absolute Gasteiger partial charge is 0.250 e. The Bertz CT molecular complexity index is 1280. The molecule has 0 spiro atoms. The Balaban J connectivity index is 2.19. The number of hydrogen-bond donors (Lipinski definition) is 1. The molecule has 1 amide bonds. The van der Waals surface area contributed by atoms with Crippen LogP contribution in [0.1, 0.15) is 41.8 Å². The van der Waals surface area contributed by atoms with Gasteiger partial charge in [0.25, 0.3) is 5.91 Å². The van der Waals surface area contributed by atoms with Crippen LogP contribution < -0.4 is 10.5 Å². The average molecular weight is 500 g/mol.